The normalized spacial score (nSPS) is 10.1. The third kappa shape index (κ3) is 3.27. The lowest BCUT2D eigenvalue weighted by Crippen LogP contribution is -2.24. The zero-order valence-electron chi connectivity index (χ0n) is 10.1. The van der Waals surface area contributed by atoms with Crippen LogP contribution in [0.3, 0.4) is 0 Å². The molecule has 8 heteroatoms. The fourth-order valence-electron chi connectivity index (χ4n) is 1.54. The molecule has 0 spiro atoms. The van der Waals surface area contributed by atoms with Gasteiger partial charge in [-0.05, 0) is 24.3 Å². The van der Waals surface area contributed by atoms with E-state index < -0.39 is 10.8 Å². The maximum absolute atomic E-state index is 12.0. The summed E-state index contributed by atoms with van der Waals surface area (Å²) in [5, 5.41) is 21.1. The number of nitro groups is 1. The van der Waals surface area contributed by atoms with Crippen molar-refractivity contribution >= 4 is 23.2 Å². The smallest absolute Gasteiger partial charge is 0.282 e. The third-order valence-electron chi connectivity index (χ3n) is 2.46. The lowest BCUT2D eigenvalue weighted by atomic mass is 10.1. The molecule has 2 rings (SSSR count). The number of nitrogens with one attached hydrogen (secondary N) is 1. The molecule has 0 radical (unpaired) electrons. The average Bonchev–Trinajstić information content (AvgIpc) is 2.45. The average molecular weight is 293 g/mol. The van der Waals surface area contributed by atoms with Gasteiger partial charge in [-0.1, -0.05) is 11.6 Å². The van der Waals surface area contributed by atoms with Gasteiger partial charge in [0.15, 0.2) is 0 Å². The number of carbonyl (C=O) groups excluding carboxylic acids is 1. The quantitative estimate of drug-likeness (QED) is 0.686. The molecule has 0 fully saturated rings. The molecule has 0 aliphatic heterocycles. The van der Waals surface area contributed by atoms with Gasteiger partial charge < -0.3 is 5.32 Å². The van der Waals surface area contributed by atoms with Crippen LogP contribution in [-0.4, -0.2) is 21.0 Å². The van der Waals surface area contributed by atoms with E-state index in [-0.39, 0.29) is 22.8 Å². The Bertz CT molecular complexity index is 648. The van der Waals surface area contributed by atoms with E-state index in [9.17, 15) is 14.9 Å². The summed E-state index contributed by atoms with van der Waals surface area (Å²) in [6.07, 6.45) is 1.51. The summed E-state index contributed by atoms with van der Waals surface area (Å²) in [5.41, 5.74) is 0.156. The Labute approximate surface area is 118 Å². The van der Waals surface area contributed by atoms with Gasteiger partial charge in [0.05, 0.1) is 17.2 Å². The number of rotatable bonds is 4. The number of nitro benzene ring substituents is 1. The van der Waals surface area contributed by atoms with E-state index in [0.717, 1.165) is 0 Å². The van der Waals surface area contributed by atoms with Crippen LogP contribution in [0.15, 0.2) is 36.5 Å². The highest BCUT2D eigenvalue weighted by molar-refractivity contribution is 6.31. The third-order valence-corrected chi connectivity index (χ3v) is 2.69. The van der Waals surface area contributed by atoms with Crippen LogP contribution in [0.4, 0.5) is 5.69 Å². The zero-order valence-corrected chi connectivity index (χ0v) is 10.9. The van der Waals surface area contributed by atoms with Crippen LogP contribution in [-0.2, 0) is 6.54 Å². The van der Waals surface area contributed by atoms with Gasteiger partial charge in [-0.3, -0.25) is 14.9 Å². The molecule has 1 N–H and O–H groups in total. The van der Waals surface area contributed by atoms with Crippen LogP contribution in [0.1, 0.15) is 16.1 Å². The second-order valence-electron chi connectivity index (χ2n) is 3.82. The van der Waals surface area contributed by atoms with E-state index in [2.05, 4.69) is 15.5 Å². The van der Waals surface area contributed by atoms with Gasteiger partial charge in [-0.2, -0.15) is 10.2 Å². The van der Waals surface area contributed by atoms with Gasteiger partial charge in [-0.25, -0.2) is 0 Å². The van der Waals surface area contributed by atoms with Crippen molar-refractivity contribution in [1.82, 2.24) is 15.5 Å². The number of benzene rings is 1. The van der Waals surface area contributed by atoms with Gasteiger partial charge >= 0.3 is 0 Å². The Morgan fingerprint density at radius 3 is 2.85 bits per heavy atom. The van der Waals surface area contributed by atoms with Crippen LogP contribution in [0.25, 0.3) is 0 Å². The lowest BCUT2D eigenvalue weighted by Gasteiger charge is -2.05. The molecular formula is C12H9ClN4O3. The summed E-state index contributed by atoms with van der Waals surface area (Å²) in [6, 6.07) is 7.17. The highest BCUT2D eigenvalue weighted by Gasteiger charge is 2.20. The van der Waals surface area contributed by atoms with Crippen LogP contribution in [0.5, 0.6) is 0 Å². The molecule has 0 aliphatic carbocycles. The van der Waals surface area contributed by atoms with Gasteiger partial charge in [0, 0.05) is 17.3 Å². The molecule has 0 saturated heterocycles. The molecule has 20 heavy (non-hydrogen) atoms. The van der Waals surface area contributed by atoms with Crippen molar-refractivity contribution in [2.45, 2.75) is 6.54 Å². The second-order valence-corrected chi connectivity index (χ2v) is 4.25. The lowest BCUT2D eigenvalue weighted by molar-refractivity contribution is -0.385. The van der Waals surface area contributed by atoms with E-state index in [1.54, 1.807) is 12.1 Å². The SMILES string of the molecule is O=C(NCc1cccnn1)c1cc(Cl)ccc1[N+](=O)[O-]. The van der Waals surface area contributed by atoms with E-state index in [4.69, 9.17) is 11.6 Å². The summed E-state index contributed by atoms with van der Waals surface area (Å²) in [7, 11) is 0. The van der Waals surface area contributed by atoms with Crippen molar-refractivity contribution in [3.8, 4) is 0 Å². The van der Waals surface area contributed by atoms with E-state index in [1.165, 1.54) is 24.4 Å². The number of nitrogens with zero attached hydrogens (tertiary/aromatic N) is 3. The first-order valence-corrected chi connectivity index (χ1v) is 5.94. The maximum Gasteiger partial charge on any atom is 0.282 e. The molecule has 0 unspecified atom stereocenters. The van der Waals surface area contributed by atoms with Crippen LogP contribution in [0, 0.1) is 10.1 Å². The molecule has 0 bridgehead atoms. The summed E-state index contributed by atoms with van der Waals surface area (Å²) in [5.74, 6) is -0.593. The highest BCUT2D eigenvalue weighted by atomic mass is 35.5. The Kier molecular flexibility index (Phi) is 4.21. The van der Waals surface area contributed by atoms with Gasteiger partial charge in [0.1, 0.15) is 5.56 Å². The molecule has 1 heterocycles. The van der Waals surface area contributed by atoms with Crippen molar-refractivity contribution in [2.24, 2.45) is 0 Å². The Morgan fingerprint density at radius 2 is 2.20 bits per heavy atom. The number of aromatic nitrogens is 2. The predicted octanol–water partition coefficient (Wildman–Crippen LogP) is 1.97. The van der Waals surface area contributed by atoms with Crippen molar-refractivity contribution < 1.29 is 9.72 Å². The monoisotopic (exact) mass is 292 g/mol. The molecule has 7 nitrogen and oxygen atoms in total. The van der Waals surface area contributed by atoms with Crippen molar-refractivity contribution in [2.75, 3.05) is 0 Å². The summed E-state index contributed by atoms with van der Waals surface area (Å²) < 4.78 is 0. The Morgan fingerprint density at radius 1 is 1.40 bits per heavy atom. The summed E-state index contributed by atoms with van der Waals surface area (Å²) >= 11 is 5.76. The largest absolute Gasteiger partial charge is 0.346 e. The van der Waals surface area contributed by atoms with Gasteiger partial charge in [0.2, 0.25) is 0 Å². The first kappa shape index (κ1) is 13.9. The minimum absolute atomic E-state index is 0.0913. The highest BCUT2D eigenvalue weighted by Crippen LogP contribution is 2.22. The summed E-state index contributed by atoms with van der Waals surface area (Å²) in [4.78, 5) is 22.2. The molecule has 102 valence electrons. The molecular weight excluding hydrogens is 284 g/mol. The molecule has 0 saturated carbocycles. The minimum Gasteiger partial charge on any atom is -0.346 e. The molecule has 0 aliphatic rings. The van der Waals surface area contributed by atoms with E-state index >= 15 is 0 Å². The Hall–Kier alpha value is -2.54. The number of halogens is 1. The first-order valence-electron chi connectivity index (χ1n) is 5.56. The second kappa shape index (κ2) is 6.07. The van der Waals surface area contributed by atoms with E-state index in [1.807, 2.05) is 0 Å². The standard InChI is InChI=1S/C12H9ClN4O3/c13-8-3-4-11(17(19)20)10(6-8)12(18)14-7-9-2-1-5-15-16-9/h1-6H,7H2,(H,14,18). The van der Waals surface area contributed by atoms with Crippen LogP contribution in [0.2, 0.25) is 5.02 Å². The van der Waals surface area contributed by atoms with Gasteiger partial charge in [0.25, 0.3) is 11.6 Å². The molecule has 1 aromatic carbocycles. The predicted molar refractivity (Wildman–Crippen MR) is 71.3 cm³/mol. The molecule has 2 aromatic rings. The number of carbonyl (C=O) groups is 1. The van der Waals surface area contributed by atoms with E-state index in [0.29, 0.717) is 5.69 Å². The fourth-order valence-corrected chi connectivity index (χ4v) is 1.72. The minimum atomic E-state index is -0.631. The van der Waals surface area contributed by atoms with Crippen LogP contribution < -0.4 is 5.32 Å². The fraction of sp³-hybridized carbons (Fsp3) is 0.0833. The first-order chi connectivity index (χ1) is 9.58. The zero-order chi connectivity index (χ0) is 14.5. The van der Waals surface area contributed by atoms with Crippen molar-refractivity contribution in [3.63, 3.8) is 0 Å². The molecule has 0 atom stereocenters. The van der Waals surface area contributed by atoms with Crippen molar-refractivity contribution in [1.29, 1.82) is 0 Å². The van der Waals surface area contributed by atoms with Crippen molar-refractivity contribution in [3.05, 3.63) is 62.9 Å². The number of hydrogen-bond donors (Lipinski definition) is 1. The molecule has 1 amide bonds. The maximum atomic E-state index is 12.0. The number of amides is 1. The van der Waals surface area contributed by atoms with Gasteiger partial charge in [-0.15, -0.1) is 0 Å². The topological polar surface area (TPSA) is 98.0 Å². The van der Waals surface area contributed by atoms with Crippen LogP contribution >= 0.6 is 11.6 Å². The summed E-state index contributed by atoms with van der Waals surface area (Å²) in [6.45, 7) is 0.121. The number of hydrogen-bond acceptors (Lipinski definition) is 5. The Balaban J connectivity index is 2.17. The molecule has 1 aromatic heterocycles.